The normalized spacial score (nSPS) is 19.4. The van der Waals surface area contributed by atoms with Crippen LogP contribution in [-0.4, -0.2) is 86.2 Å². The van der Waals surface area contributed by atoms with Crippen LogP contribution >= 0.6 is 11.6 Å². The molecule has 0 spiro atoms. The van der Waals surface area contributed by atoms with Gasteiger partial charge in [0.15, 0.2) is 5.83 Å². The molecule has 0 radical (unpaired) electrons. The highest BCUT2D eigenvalue weighted by Crippen LogP contribution is 2.34. The van der Waals surface area contributed by atoms with Crippen molar-refractivity contribution in [3.05, 3.63) is 59.4 Å². The van der Waals surface area contributed by atoms with Crippen molar-refractivity contribution in [3.63, 3.8) is 0 Å². The summed E-state index contributed by atoms with van der Waals surface area (Å²) in [5.41, 5.74) is 1.19. The average Bonchev–Trinajstić information content (AvgIpc) is 3.37. The number of fused-ring (bicyclic) bond motifs is 2. The summed E-state index contributed by atoms with van der Waals surface area (Å²) >= 11 is 5.91. The summed E-state index contributed by atoms with van der Waals surface area (Å²) in [4.78, 5) is 23.4. The minimum Gasteiger partial charge on any atom is -0.489 e. The molecule has 10 nitrogen and oxygen atoms in total. The Bertz CT molecular complexity index is 1400. The van der Waals surface area contributed by atoms with Gasteiger partial charge in [-0.2, -0.15) is 0 Å². The van der Waals surface area contributed by atoms with Crippen LogP contribution in [-0.2, 0) is 19.0 Å². The first-order valence-corrected chi connectivity index (χ1v) is 13.0. The van der Waals surface area contributed by atoms with Crippen molar-refractivity contribution >= 4 is 45.6 Å². The van der Waals surface area contributed by atoms with Crippen LogP contribution < -0.4 is 15.4 Å². The lowest BCUT2D eigenvalue weighted by Crippen LogP contribution is -2.36. The number of hydrogen-bond donors (Lipinski definition) is 2. The Kier molecular flexibility index (Phi) is 9.02. The van der Waals surface area contributed by atoms with Gasteiger partial charge in [0.05, 0.1) is 48.3 Å². The smallest absolute Gasteiger partial charge is 0.284 e. The molecule has 0 saturated carbocycles. The third-order valence-electron chi connectivity index (χ3n) is 6.50. The molecular weight excluding hydrogens is 548 g/mol. The highest BCUT2D eigenvalue weighted by atomic mass is 35.5. The van der Waals surface area contributed by atoms with Crippen molar-refractivity contribution < 1.29 is 32.5 Å². The zero-order chi connectivity index (χ0) is 28.1. The molecule has 0 aliphatic carbocycles. The molecule has 3 aromatic rings. The number of likely N-dealkylation sites (tertiary alicyclic amines) is 1. The first-order valence-electron chi connectivity index (χ1n) is 12.7. The maximum atomic E-state index is 14.9. The van der Waals surface area contributed by atoms with Gasteiger partial charge in [-0.25, -0.2) is 18.7 Å². The summed E-state index contributed by atoms with van der Waals surface area (Å²) < 4.78 is 50.8. The van der Waals surface area contributed by atoms with Crippen molar-refractivity contribution in [2.75, 3.05) is 63.8 Å². The van der Waals surface area contributed by atoms with Crippen LogP contribution in [0, 0.1) is 5.82 Å². The monoisotopic (exact) mass is 575 g/mol. The van der Waals surface area contributed by atoms with E-state index < -0.39 is 17.6 Å². The number of methoxy groups -OCH3 is 1. The van der Waals surface area contributed by atoms with E-state index in [1.165, 1.54) is 37.7 Å². The molecule has 40 heavy (non-hydrogen) atoms. The van der Waals surface area contributed by atoms with Crippen LogP contribution in [0.4, 0.5) is 26.0 Å². The van der Waals surface area contributed by atoms with Crippen LogP contribution in [0.1, 0.15) is 0 Å². The molecule has 1 aromatic heterocycles. The summed E-state index contributed by atoms with van der Waals surface area (Å²) in [6.07, 6.45) is 2.49. The summed E-state index contributed by atoms with van der Waals surface area (Å²) in [5.74, 6) is -1.79. The summed E-state index contributed by atoms with van der Waals surface area (Å²) in [6.45, 7) is 3.02. The zero-order valence-electron chi connectivity index (χ0n) is 21.7. The highest BCUT2D eigenvalue weighted by molar-refractivity contribution is 6.31. The van der Waals surface area contributed by atoms with Crippen LogP contribution in [0.2, 0.25) is 5.02 Å². The number of nitrogens with one attached hydrogen (secondary N) is 2. The third kappa shape index (κ3) is 6.65. The minimum absolute atomic E-state index is 0.0422. The lowest BCUT2D eigenvalue weighted by Gasteiger charge is -2.24. The van der Waals surface area contributed by atoms with Gasteiger partial charge in [-0.1, -0.05) is 11.6 Å². The predicted molar refractivity (Wildman–Crippen MR) is 145 cm³/mol. The van der Waals surface area contributed by atoms with Crippen LogP contribution in [0.5, 0.6) is 5.75 Å². The highest BCUT2D eigenvalue weighted by Gasteiger charge is 2.36. The number of ether oxygens (including phenoxy) is 4. The molecule has 2 fully saturated rings. The molecular formula is C27H28ClF2N5O5. The molecule has 2 atom stereocenters. The molecule has 2 aliphatic heterocycles. The second-order valence-electron chi connectivity index (χ2n) is 9.23. The van der Waals surface area contributed by atoms with Gasteiger partial charge in [-0.3, -0.25) is 9.69 Å². The maximum Gasteiger partial charge on any atom is 0.284 e. The fraction of sp³-hybridized carbons (Fsp3) is 0.370. The van der Waals surface area contributed by atoms with Gasteiger partial charge in [0.2, 0.25) is 0 Å². The quantitative estimate of drug-likeness (QED) is 0.273. The number of halogens is 3. The van der Waals surface area contributed by atoms with Gasteiger partial charge in [-0.15, -0.1) is 0 Å². The van der Waals surface area contributed by atoms with Gasteiger partial charge in [0, 0.05) is 43.9 Å². The summed E-state index contributed by atoms with van der Waals surface area (Å²) in [6, 6.07) is 7.35. The van der Waals surface area contributed by atoms with Crippen molar-refractivity contribution in [2.45, 2.75) is 12.2 Å². The SMILES string of the molecule is COCCOc1cc2ncnc(Nc3ccc(F)c(Cl)c3)c2cc1NC(=O)/C(F)=C/CN1C[C@@H]2OCCO[C@H]2C1. The molecule has 0 unspecified atom stereocenters. The lowest BCUT2D eigenvalue weighted by atomic mass is 10.1. The van der Waals surface area contributed by atoms with Crippen molar-refractivity contribution in [2.24, 2.45) is 0 Å². The number of amides is 1. The number of hydrogen-bond acceptors (Lipinski definition) is 9. The van der Waals surface area contributed by atoms with E-state index in [2.05, 4.69) is 20.6 Å². The molecule has 13 heteroatoms. The van der Waals surface area contributed by atoms with E-state index in [-0.39, 0.29) is 41.8 Å². The van der Waals surface area contributed by atoms with E-state index in [9.17, 15) is 13.6 Å². The fourth-order valence-corrected chi connectivity index (χ4v) is 4.70. The van der Waals surface area contributed by atoms with Crippen molar-refractivity contribution in [3.8, 4) is 5.75 Å². The Labute approximate surface area is 234 Å². The fourth-order valence-electron chi connectivity index (χ4n) is 4.52. The van der Waals surface area contributed by atoms with E-state index in [0.29, 0.717) is 55.3 Å². The maximum absolute atomic E-state index is 14.9. The van der Waals surface area contributed by atoms with Crippen LogP contribution in [0.15, 0.2) is 48.6 Å². The van der Waals surface area contributed by atoms with E-state index >= 15 is 0 Å². The van der Waals surface area contributed by atoms with Gasteiger partial charge >= 0.3 is 0 Å². The number of aromatic nitrogens is 2. The minimum atomic E-state index is -0.941. The predicted octanol–water partition coefficient (Wildman–Crippen LogP) is 4.08. The van der Waals surface area contributed by atoms with E-state index in [1.54, 1.807) is 12.1 Å². The van der Waals surface area contributed by atoms with Gasteiger partial charge in [0.1, 0.15) is 30.3 Å². The Morgan fingerprint density at radius 2 is 1.95 bits per heavy atom. The third-order valence-corrected chi connectivity index (χ3v) is 6.79. The molecule has 2 aromatic carbocycles. The Hall–Kier alpha value is -3.42. The van der Waals surface area contributed by atoms with Gasteiger partial charge < -0.3 is 29.6 Å². The van der Waals surface area contributed by atoms with Crippen LogP contribution in [0.25, 0.3) is 10.9 Å². The summed E-state index contributed by atoms with van der Waals surface area (Å²) in [7, 11) is 1.53. The molecule has 5 rings (SSSR count). The number of anilines is 3. The number of benzene rings is 2. The van der Waals surface area contributed by atoms with Crippen molar-refractivity contribution in [1.82, 2.24) is 14.9 Å². The molecule has 2 N–H and O–H groups in total. The molecule has 1 amide bonds. The topological polar surface area (TPSA) is 107 Å². The first-order chi connectivity index (χ1) is 19.4. The molecule has 2 saturated heterocycles. The van der Waals surface area contributed by atoms with E-state index in [0.717, 1.165) is 0 Å². The largest absolute Gasteiger partial charge is 0.489 e. The number of carbonyl (C=O) groups excluding carboxylic acids is 1. The second-order valence-corrected chi connectivity index (χ2v) is 9.63. The summed E-state index contributed by atoms with van der Waals surface area (Å²) in [5, 5.41) is 6.11. The standard InChI is InChI=1S/C27H28ClF2N5O5/c1-37-6-7-38-23-12-21-17(26(32-15-31-21)33-16-2-3-19(29)18(28)10-16)11-22(23)34-27(36)20(30)4-5-35-13-24-25(14-35)40-9-8-39-24/h2-4,10-12,15,24-25H,5-9,13-14H2,1H3,(H,34,36)(H,31,32,33)/b20-4-/t24-,25-/m0/s1. The molecule has 212 valence electrons. The van der Waals surface area contributed by atoms with Crippen LogP contribution in [0.3, 0.4) is 0 Å². The number of rotatable bonds is 10. The number of carbonyl (C=O) groups is 1. The molecule has 2 aliphatic rings. The lowest BCUT2D eigenvalue weighted by molar-refractivity contribution is -0.116. The van der Waals surface area contributed by atoms with E-state index in [4.69, 9.17) is 30.5 Å². The van der Waals surface area contributed by atoms with E-state index in [1.807, 2.05) is 4.90 Å². The van der Waals surface area contributed by atoms with Gasteiger partial charge in [0.25, 0.3) is 5.91 Å². The van der Waals surface area contributed by atoms with Gasteiger partial charge in [-0.05, 0) is 30.3 Å². The zero-order valence-corrected chi connectivity index (χ0v) is 22.4. The number of nitrogens with zero attached hydrogens (tertiary/aromatic N) is 3. The Balaban J connectivity index is 1.36. The Morgan fingerprint density at radius 3 is 2.67 bits per heavy atom. The first kappa shape index (κ1) is 28.1. The molecule has 3 heterocycles. The molecule has 0 bridgehead atoms. The average molecular weight is 576 g/mol. The second kappa shape index (κ2) is 12.8. The van der Waals surface area contributed by atoms with Crippen molar-refractivity contribution in [1.29, 1.82) is 0 Å². The Morgan fingerprint density at radius 1 is 1.18 bits per heavy atom.